The van der Waals surface area contributed by atoms with Crippen LogP contribution in [0, 0.1) is 28.9 Å². The molecule has 16 heteroatoms. The zero-order valence-corrected chi connectivity index (χ0v) is 26.5. The summed E-state index contributed by atoms with van der Waals surface area (Å²) in [4.78, 5) is 11.8. The van der Waals surface area contributed by atoms with E-state index in [1.54, 1.807) is 15.9 Å². The molecule has 1 aliphatic carbocycles. The Labute approximate surface area is 281 Å². The summed E-state index contributed by atoms with van der Waals surface area (Å²) in [5.74, 6) is -2.74. The normalized spacial score (nSPS) is 28.2. The van der Waals surface area contributed by atoms with Crippen molar-refractivity contribution in [3.8, 4) is 23.2 Å². The van der Waals surface area contributed by atoms with Gasteiger partial charge in [0.05, 0.1) is 48.7 Å². The number of thiophene rings is 1. The number of alkyl halides is 5. The smallest absolute Gasteiger partial charge is 0.417 e. The maximum atomic E-state index is 17.1. The first-order chi connectivity index (χ1) is 23.7. The molecule has 0 spiro atoms. The van der Waals surface area contributed by atoms with Gasteiger partial charge in [-0.3, -0.25) is 4.90 Å². The Bertz CT molecular complexity index is 2120. The van der Waals surface area contributed by atoms with Gasteiger partial charge in [0, 0.05) is 41.8 Å². The highest BCUT2D eigenvalue weighted by Gasteiger charge is 2.55. The van der Waals surface area contributed by atoms with E-state index < -0.39 is 75.7 Å². The van der Waals surface area contributed by atoms with E-state index >= 15 is 4.39 Å². The highest BCUT2D eigenvalue weighted by atomic mass is 35.5. The zero-order chi connectivity index (χ0) is 35.5. The second kappa shape index (κ2) is 11.2. The summed E-state index contributed by atoms with van der Waals surface area (Å²) in [5, 5.41) is 8.54. The number of ether oxygens (including phenoxy) is 2. The number of fused-ring (bicyclic) bond motifs is 4. The van der Waals surface area contributed by atoms with Crippen molar-refractivity contribution in [1.82, 2.24) is 14.9 Å². The lowest BCUT2D eigenvalue weighted by atomic mass is 9.92. The first kappa shape index (κ1) is 29.3. The summed E-state index contributed by atoms with van der Waals surface area (Å²) in [6.07, 6.45) is -5.81. The van der Waals surface area contributed by atoms with Gasteiger partial charge in [-0.25, -0.2) is 13.2 Å². The summed E-state index contributed by atoms with van der Waals surface area (Å²) < 4.78 is 121. The van der Waals surface area contributed by atoms with Gasteiger partial charge in [-0.05, 0) is 37.1 Å². The number of anilines is 2. The van der Waals surface area contributed by atoms with Gasteiger partial charge in [-0.15, -0.1) is 22.9 Å². The van der Waals surface area contributed by atoms with Crippen LogP contribution >= 0.6 is 22.9 Å². The van der Waals surface area contributed by atoms with E-state index in [0.717, 1.165) is 12.1 Å². The quantitative estimate of drug-likeness (QED) is 0.181. The molecule has 8 nitrogen and oxygen atoms in total. The van der Waals surface area contributed by atoms with Gasteiger partial charge in [0.15, 0.2) is 5.82 Å². The lowest BCUT2D eigenvalue weighted by Gasteiger charge is -2.31. The summed E-state index contributed by atoms with van der Waals surface area (Å²) in [5.41, 5.74) is 0.702. The summed E-state index contributed by atoms with van der Waals surface area (Å²) in [6.45, 7) is -1.63. The Morgan fingerprint density at radius 1 is 1.27 bits per heavy atom. The minimum atomic E-state index is -5.17. The van der Waals surface area contributed by atoms with Crippen LogP contribution in [0.5, 0.6) is 6.01 Å². The molecule has 0 unspecified atom stereocenters. The standard InChI is InChI=1S/C32H27ClF6N6O2S/c33-23-18-12-46-7-6-45(26(18)23)29-16-8-19(32(37,38)39)22(15-2-3-20(35)27-21(15)17(10-40)28(41)48-27)24(36)25(16)42-30(43-29)47-13-31-4-1-5-44(31)11-14(34)9-31/h2-3,8,14,18,23,26H,1,4-7,9,11-13,41H2/t14-,18-,23-,26-,31+/m1/s1/i13D2. The monoisotopic (exact) mass is 710 g/mol. The molecule has 5 heterocycles. The van der Waals surface area contributed by atoms with Crippen molar-refractivity contribution in [2.75, 3.05) is 50.0 Å². The van der Waals surface area contributed by atoms with Crippen molar-refractivity contribution >= 4 is 54.7 Å². The molecule has 4 aromatic rings. The van der Waals surface area contributed by atoms with E-state index in [4.69, 9.17) is 29.5 Å². The summed E-state index contributed by atoms with van der Waals surface area (Å²) in [7, 11) is 0. The van der Waals surface area contributed by atoms with Gasteiger partial charge in [0.2, 0.25) is 0 Å². The SMILES string of the molecule is [2H]C([2H])(Oc1nc(N2CCOC[C@@H]3[C@@H](Cl)[C@@H]32)c2cc(C(F)(F)F)c(-c3ccc(F)c4sc(N)c(C#N)c34)c(F)c2n1)[C@@]12CCCN1C[C@H](F)C2. The third-order valence-corrected chi connectivity index (χ3v) is 11.4. The fourth-order valence-electron chi connectivity index (χ4n) is 7.54. The highest BCUT2D eigenvalue weighted by Crippen LogP contribution is 2.50. The number of hydrogen-bond acceptors (Lipinski definition) is 9. The van der Waals surface area contributed by atoms with Crippen LogP contribution in [0.15, 0.2) is 18.2 Å². The number of nitrogens with two attached hydrogens (primary N) is 1. The molecule has 2 aromatic carbocycles. The van der Waals surface area contributed by atoms with Crippen LogP contribution in [-0.4, -0.2) is 77.4 Å². The second-order valence-corrected chi connectivity index (χ2v) is 14.1. The minimum Gasteiger partial charge on any atom is -0.461 e. The topological polar surface area (TPSA) is 101 Å². The molecule has 1 saturated carbocycles. The Morgan fingerprint density at radius 3 is 2.85 bits per heavy atom. The van der Waals surface area contributed by atoms with Gasteiger partial charge < -0.3 is 20.1 Å². The van der Waals surface area contributed by atoms with Crippen molar-refractivity contribution in [2.24, 2.45) is 5.92 Å². The number of rotatable bonds is 5. The molecule has 5 atom stereocenters. The van der Waals surface area contributed by atoms with Gasteiger partial charge in [0.25, 0.3) is 0 Å². The van der Waals surface area contributed by atoms with E-state index in [1.807, 2.05) is 0 Å². The third kappa shape index (κ3) is 4.86. The molecule has 4 fully saturated rings. The van der Waals surface area contributed by atoms with E-state index in [2.05, 4.69) is 9.97 Å². The molecule has 0 radical (unpaired) electrons. The zero-order valence-electron chi connectivity index (χ0n) is 26.9. The maximum Gasteiger partial charge on any atom is 0.417 e. The van der Waals surface area contributed by atoms with E-state index in [9.17, 15) is 27.2 Å². The third-order valence-electron chi connectivity index (χ3n) is 9.78. The molecular formula is C32H27ClF6N6O2S. The fourth-order valence-corrected chi connectivity index (χ4v) is 8.95. The molecule has 3 saturated heterocycles. The number of hydrogen-bond donors (Lipinski definition) is 1. The van der Waals surface area contributed by atoms with Gasteiger partial charge in [-0.1, -0.05) is 6.07 Å². The van der Waals surface area contributed by atoms with E-state index in [1.165, 1.54) is 0 Å². The largest absolute Gasteiger partial charge is 0.461 e. The Morgan fingerprint density at radius 2 is 2.08 bits per heavy atom. The summed E-state index contributed by atoms with van der Waals surface area (Å²) >= 11 is 7.20. The Kier molecular flexibility index (Phi) is 6.86. The van der Waals surface area contributed by atoms with E-state index in [0.29, 0.717) is 30.4 Å². The van der Waals surface area contributed by atoms with Crippen LogP contribution in [0.4, 0.5) is 37.2 Å². The molecule has 2 N–H and O–H groups in total. The first-order valence-electron chi connectivity index (χ1n) is 16.3. The fraction of sp³-hybridized carbons (Fsp3) is 0.469. The van der Waals surface area contributed by atoms with Crippen molar-refractivity contribution in [2.45, 2.75) is 48.6 Å². The van der Waals surface area contributed by atoms with Crippen LogP contribution < -0.4 is 15.4 Å². The predicted octanol–water partition coefficient (Wildman–Crippen LogP) is 6.66. The molecule has 0 amide bonds. The van der Waals surface area contributed by atoms with Crippen molar-refractivity contribution in [3.63, 3.8) is 0 Å². The van der Waals surface area contributed by atoms with Gasteiger partial charge in [0.1, 0.15) is 41.0 Å². The lowest BCUT2D eigenvalue weighted by molar-refractivity contribution is -0.137. The maximum absolute atomic E-state index is 17.1. The highest BCUT2D eigenvalue weighted by molar-refractivity contribution is 7.23. The molecule has 8 rings (SSSR count). The van der Waals surface area contributed by atoms with Crippen LogP contribution in [0.2, 0.25) is 0 Å². The molecule has 4 aliphatic rings. The number of aromatic nitrogens is 2. The number of nitriles is 1. The lowest BCUT2D eigenvalue weighted by Crippen LogP contribution is -2.43. The average Bonchev–Trinajstić information content (AvgIpc) is 3.23. The molecule has 2 aromatic heterocycles. The first-order valence-corrected chi connectivity index (χ1v) is 16.5. The minimum absolute atomic E-state index is 0.00276. The number of benzene rings is 2. The van der Waals surface area contributed by atoms with Crippen LogP contribution in [0.25, 0.3) is 32.1 Å². The Balaban J connectivity index is 1.39. The number of nitrogens with zero attached hydrogens (tertiary/aromatic N) is 5. The van der Waals surface area contributed by atoms with Crippen LogP contribution in [0.1, 0.15) is 33.1 Å². The van der Waals surface area contributed by atoms with Gasteiger partial charge in [-0.2, -0.15) is 28.4 Å². The number of nitrogen functional groups attached to an aromatic ring is 1. The molecule has 3 aliphatic heterocycles. The molecule has 48 heavy (non-hydrogen) atoms. The van der Waals surface area contributed by atoms with Crippen molar-refractivity contribution in [1.29, 1.82) is 5.26 Å². The van der Waals surface area contributed by atoms with Crippen LogP contribution in [0.3, 0.4) is 0 Å². The summed E-state index contributed by atoms with van der Waals surface area (Å²) in [6, 6.07) is 3.16. The van der Waals surface area contributed by atoms with E-state index in [-0.39, 0.29) is 76.9 Å². The second-order valence-electron chi connectivity index (χ2n) is 12.5. The molecular weight excluding hydrogens is 682 g/mol. The predicted molar refractivity (Wildman–Crippen MR) is 168 cm³/mol. The average molecular weight is 711 g/mol. The number of halogens is 7. The molecule has 0 bridgehead atoms. The Hall–Kier alpha value is -3.58. The van der Waals surface area contributed by atoms with Gasteiger partial charge >= 0.3 is 12.2 Å². The van der Waals surface area contributed by atoms with Crippen LogP contribution in [-0.2, 0) is 10.9 Å². The molecule has 252 valence electrons. The van der Waals surface area contributed by atoms with Crippen molar-refractivity contribution < 1.29 is 38.6 Å². The van der Waals surface area contributed by atoms with Crippen molar-refractivity contribution in [3.05, 3.63) is 41.0 Å².